The molecule has 2 aromatic heterocycles. The summed E-state index contributed by atoms with van der Waals surface area (Å²) in [6.45, 7) is 2.79. The summed E-state index contributed by atoms with van der Waals surface area (Å²) < 4.78 is 5.56. The van der Waals surface area contributed by atoms with Crippen LogP contribution in [0.1, 0.15) is 26.2 Å². The van der Waals surface area contributed by atoms with E-state index in [1.54, 1.807) is 6.20 Å². The topological polar surface area (TPSA) is 63.7 Å². The minimum atomic E-state index is 0.169. The molecule has 86 valence electrons. The molecular formula is C10H13ClN4O. The van der Waals surface area contributed by atoms with E-state index >= 15 is 0 Å². The second-order valence-electron chi connectivity index (χ2n) is 3.49. The van der Waals surface area contributed by atoms with E-state index in [-0.39, 0.29) is 5.28 Å². The van der Waals surface area contributed by atoms with Crippen LogP contribution >= 0.6 is 11.6 Å². The van der Waals surface area contributed by atoms with Crippen molar-refractivity contribution >= 4 is 22.6 Å². The van der Waals surface area contributed by atoms with Gasteiger partial charge in [-0.05, 0) is 18.0 Å². The van der Waals surface area contributed by atoms with E-state index in [2.05, 4.69) is 27.1 Å². The Labute approximate surface area is 98.2 Å². The standard InChI is InChI=1S/C10H13ClN4O/c1-2-3-4-5-16-9-7-6-12-15-8(7)13-10(11)14-9/h6H,2-5H2,1H3,(H,12,13,14,15). The van der Waals surface area contributed by atoms with E-state index in [0.29, 0.717) is 18.1 Å². The minimum Gasteiger partial charge on any atom is -0.477 e. The Bertz CT molecular complexity index is 471. The number of aromatic amines is 1. The molecule has 2 rings (SSSR count). The molecule has 0 atom stereocenters. The zero-order chi connectivity index (χ0) is 11.4. The highest BCUT2D eigenvalue weighted by atomic mass is 35.5. The first-order valence-electron chi connectivity index (χ1n) is 5.30. The van der Waals surface area contributed by atoms with Gasteiger partial charge in [-0.25, -0.2) is 0 Å². The summed E-state index contributed by atoms with van der Waals surface area (Å²) in [5.74, 6) is 0.500. The number of nitrogens with zero attached hydrogens (tertiary/aromatic N) is 3. The van der Waals surface area contributed by atoms with Crippen LogP contribution in [0.25, 0.3) is 11.0 Å². The van der Waals surface area contributed by atoms with Gasteiger partial charge in [0, 0.05) is 0 Å². The first kappa shape index (κ1) is 11.1. The summed E-state index contributed by atoms with van der Waals surface area (Å²) in [5.41, 5.74) is 0.602. The Balaban J connectivity index is 2.12. The number of rotatable bonds is 5. The number of ether oxygens (including phenoxy) is 1. The Morgan fingerprint density at radius 1 is 1.38 bits per heavy atom. The van der Waals surface area contributed by atoms with E-state index in [9.17, 15) is 0 Å². The van der Waals surface area contributed by atoms with Crippen molar-refractivity contribution < 1.29 is 4.74 Å². The van der Waals surface area contributed by atoms with E-state index in [1.165, 1.54) is 0 Å². The lowest BCUT2D eigenvalue weighted by Gasteiger charge is -2.05. The van der Waals surface area contributed by atoms with Gasteiger partial charge in [0.15, 0.2) is 5.65 Å². The molecule has 0 spiro atoms. The molecule has 0 aliphatic carbocycles. The third-order valence-electron chi connectivity index (χ3n) is 2.23. The van der Waals surface area contributed by atoms with Gasteiger partial charge in [0.25, 0.3) is 0 Å². The Kier molecular flexibility index (Phi) is 3.56. The summed E-state index contributed by atoms with van der Waals surface area (Å²) in [4.78, 5) is 8.04. The molecule has 16 heavy (non-hydrogen) atoms. The molecule has 1 N–H and O–H groups in total. The van der Waals surface area contributed by atoms with Gasteiger partial charge in [-0.15, -0.1) is 0 Å². The van der Waals surface area contributed by atoms with Crippen molar-refractivity contribution in [2.24, 2.45) is 0 Å². The lowest BCUT2D eigenvalue weighted by atomic mass is 10.3. The zero-order valence-corrected chi connectivity index (χ0v) is 9.79. The van der Waals surface area contributed by atoms with Crippen LogP contribution in [-0.2, 0) is 0 Å². The van der Waals surface area contributed by atoms with E-state index in [4.69, 9.17) is 16.3 Å². The van der Waals surface area contributed by atoms with Crippen molar-refractivity contribution in [1.29, 1.82) is 0 Å². The normalized spacial score (nSPS) is 10.9. The van der Waals surface area contributed by atoms with Gasteiger partial charge in [-0.2, -0.15) is 15.1 Å². The van der Waals surface area contributed by atoms with Crippen LogP contribution in [0.5, 0.6) is 5.88 Å². The van der Waals surface area contributed by atoms with Gasteiger partial charge < -0.3 is 4.74 Å². The Hall–Kier alpha value is -1.36. The first-order chi connectivity index (χ1) is 7.81. The van der Waals surface area contributed by atoms with Crippen molar-refractivity contribution in [2.75, 3.05) is 6.61 Å². The molecule has 6 heteroatoms. The molecule has 0 radical (unpaired) electrons. The van der Waals surface area contributed by atoms with Crippen LogP contribution in [0.4, 0.5) is 0 Å². The second-order valence-corrected chi connectivity index (χ2v) is 3.82. The lowest BCUT2D eigenvalue weighted by molar-refractivity contribution is 0.298. The second kappa shape index (κ2) is 5.12. The molecule has 0 unspecified atom stereocenters. The first-order valence-corrected chi connectivity index (χ1v) is 5.68. The van der Waals surface area contributed by atoms with Crippen LogP contribution in [0, 0.1) is 0 Å². The number of hydrogen-bond donors (Lipinski definition) is 1. The Morgan fingerprint density at radius 3 is 3.06 bits per heavy atom. The van der Waals surface area contributed by atoms with E-state index < -0.39 is 0 Å². The fraction of sp³-hybridized carbons (Fsp3) is 0.500. The van der Waals surface area contributed by atoms with Gasteiger partial charge >= 0.3 is 0 Å². The molecule has 5 nitrogen and oxygen atoms in total. The van der Waals surface area contributed by atoms with Crippen molar-refractivity contribution in [3.63, 3.8) is 0 Å². The summed E-state index contributed by atoms with van der Waals surface area (Å²) in [7, 11) is 0. The van der Waals surface area contributed by atoms with Gasteiger partial charge in [0.05, 0.1) is 12.8 Å². The number of unbranched alkanes of at least 4 members (excludes halogenated alkanes) is 2. The molecule has 0 amide bonds. The SMILES string of the molecule is CCCCCOc1nc(Cl)nc2[nH]ncc12. The highest BCUT2D eigenvalue weighted by molar-refractivity contribution is 6.28. The maximum absolute atomic E-state index is 5.77. The summed E-state index contributed by atoms with van der Waals surface area (Å²) in [6.07, 6.45) is 4.96. The highest BCUT2D eigenvalue weighted by Gasteiger charge is 2.09. The molecule has 2 heterocycles. The van der Waals surface area contributed by atoms with Crippen LogP contribution in [0.2, 0.25) is 5.28 Å². The van der Waals surface area contributed by atoms with Crippen LogP contribution in [-0.4, -0.2) is 26.8 Å². The predicted octanol–water partition coefficient (Wildman–Crippen LogP) is 2.58. The molecule has 0 aromatic carbocycles. The largest absolute Gasteiger partial charge is 0.477 e. The smallest absolute Gasteiger partial charge is 0.229 e. The summed E-state index contributed by atoms with van der Waals surface area (Å²) in [6, 6.07) is 0. The molecule has 0 saturated heterocycles. The van der Waals surface area contributed by atoms with E-state index in [0.717, 1.165) is 24.6 Å². The quantitative estimate of drug-likeness (QED) is 0.645. The third kappa shape index (κ3) is 2.41. The lowest BCUT2D eigenvalue weighted by Crippen LogP contribution is -2.00. The van der Waals surface area contributed by atoms with Gasteiger partial charge in [-0.1, -0.05) is 19.8 Å². The maximum atomic E-state index is 5.77. The van der Waals surface area contributed by atoms with Crippen LogP contribution in [0.15, 0.2) is 6.20 Å². The number of H-pyrrole nitrogens is 1. The monoisotopic (exact) mass is 240 g/mol. The van der Waals surface area contributed by atoms with Gasteiger partial charge in [-0.3, -0.25) is 5.10 Å². The molecule has 0 saturated carbocycles. The molecule has 0 bridgehead atoms. The molecule has 2 aromatic rings. The molecule has 0 aliphatic rings. The number of hydrogen-bond acceptors (Lipinski definition) is 4. The van der Waals surface area contributed by atoms with Gasteiger partial charge in [0.1, 0.15) is 5.39 Å². The minimum absolute atomic E-state index is 0.169. The molecule has 0 aliphatic heterocycles. The summed E-state index contributed by atoms with van der Waals surface area (Å²) >= 11 is 5.77. The van der Waals surface area contributed by atoms with Gasteiger partial charge in [0.2, 0.25) is 11.2 Å². The van der Waals surface area contributed by atoms with Crippen LogP contribution in [0.3, 0.4) is 0 Å². The predicted molar refractivity (Wildman–Crippen MR) is 61.7 cm³/mol. The van der Waals surface area contributed by atoms with Crippen molar-refractivity contribution in [3.05, 3.63) is 11.5 Å². The molecule has 0 fully saturated rings. The fourth-order valence-electron chi connectivity index (χ4n) is 1.41. The zero-order valence-electron chi connectivity index (χ0n) is 9.03. The molecular weight excluding hydrogens is 228 g/mol. The third-order valence-corrected chi connectivity index (χ3v) is 2.40. The number of aromatic nitrogens is 4. The van der Waals surface area contributed by atoms with E-state index in [1.807, 2.05) is 0 Å². The number of halogens is 1. The average molecular weight is 241 g/mol. The fourth-order valence-corrected chi connectivity index (χ4v) is 1.57. The maximum Gasteiger partial charge on any atom is 0.229 e. The van der Waals surface area contributed by atoms with Crippen molar-refractivity contribution in [3.8, 4) is 5.88 Å². The highest BCUT2D eigenvalue weighted by Crippen LogP contribution is 2.22. The van der Waals surface area contributed by atoms with Crippen molar-refractivity contribution in [2.45, 2.75) is 26.2 Å². The summed E-state index contributed by atoms with van der Waals surface area (Å²) in [5, 5.41) is 7.55. The van der Waals surface area contributed by atoms with Crippen LogP contribution < -0.4 is 4.74 Å². The average Bonchev–Trinajstić information content (AvgIpc) is 2.72. The van der Waals surface area contributed by atoms with Crippen molar-refractivity contribution in [1.82, 2.24) is 20.2 Å². The Morgan fingerprint density at radius 2 is 2.25 bits per heavy atom. The number of fused-ring (bicyclic) bond motifs is 1. The number of nitrogens with one attached hydrogen (secondary N) is 1.